The van der Waals surface area contributed by atoms with E-state index in [4.69, 9.17) is 16.3 Å². The quantitative estimate of drug-likeness (QED) is 0.378. The van der Waals surface area contributed by atoms with Crippen molar-refractivity contribution in [3.05, 3.63) is 46.4 Å². The average molecular weight is 485 g/mol. The number of anilines is 2. The topological polar surface area (TPSA) is 120 Å². The number of rotatable bonds is 6. The molecule has 0 saturated heterocycles. The van der Waals surface area contributed by atoms with Crippen molar-refractivity contribution in [2.24, 2.45) is 5.92 Å². The number of hydrogen-bond donors (Lipinski definition) is 2. The molecule has 0 aromatic carbocycles. The fourth-order valence-corrected chi connectivity index (χ4v) is 4.89. The third-order valence-corrected chi connectivity index (χ3v) is 6.81. The van der Waals surface area contributed by atoms with Crippen LogP contribution in [-0.2, 0) is 4.74 Å². The summed E-state index contributed by atoms with van der Waals surface area (Å²) in [6, 6.07) is 2.84. The fourth-order valence-electron chi connectivity index (χ4n) is 3.91. The predicted octanol–water partition coefficient (Wildman–Crippen LogP) is 4.76. The molecule has 2 N–H and O–H groups in total. The molecular weight excluding hydrogens is 464 g/mol. The fraction of sp³-hybridized carbons (Fsp3) is 0.333. The number of ether oxygens (including phenoxy) is 1. The molecule has 4 heterocycles. The summed E-state index contributed by atoms with van der Waals surface area (Å²) in [5.41, 5.74) is 2.54. The van der Waals surface area contributed by atoms with Gasteiger partial charge in [0, 0.05) is 12.7 Å². The van der Waals surface area contributed by atoms with E-state index in [1.165, 1.54) is 22.6 Å². The first-order valence-electron chi connectivity index (χ1n) is 10.4. The molecule has 1 saturated carbocycles. The van der Waals surface area contributed by atoms with Crippen molar-refractivity contribution in [1.29, 1.82) is 0 Å². The number of urea groups is 1. The van der Waals surface area contributed by atoms with Crippen molar-refractivity contribution in [2.45, 2.75) is 32.3 Å². The van der Waals surface area contributed by atoms with Gasteiger partial charge in [-0.3, -0.25) is 0 Å². The highest BCUT2D eigenvalue weighted by atomic mass is 35.5. The number of pyridine rings is 2. The van der Waals surface area contributed by atoms with Gasteiger partial charge in [0.1, 0.15) is 10.3 Å². The van der Waals surface area contributed by atoms with Crippen LogP contribution in [0.25, 0.3) is 16.2 Å². The summed E-state index contributed by atoms with van der Waals surface area (Å²) in [5.74, 6) is 0.823. The number of nitrogens with one attached hydrogen (secondary N) is 2. The summed E-state index contributed by atoms with van der Waals surface area (Å²) >= 11 is 7.80. The molecule has 0 radical (unpaired) electrons. The van der Waals surface area contributed by atoms with E-state index in [9.17, 15) is 4.79 Å². The monoisotopic (exact) mass is 484 g/mol. The lowest BCUT2D eigenvalue weighted by molar-refractivity contribution is 0.0192. The van der Waals surface area contributed by atoms with Crippen LogP contribution in [0.15, 0.2) is 30.7 Å². The smallest absolute Gasteiger partial charge is 0.323 e. The van der Waals surface area contributed by atoms with Crippen molar-refractivity contribution in [2.75, 3.05) is 17.7 Å². The van der Waals surface area contributed by atoms with Crippen molar-refractivity contribution in [1.82, 2.24) is 29.9 Å². The molecule has 4 aromatic heterocycles. The lowest BCUT2D eigenvalue weighted by atomic mass is 9.78. The van der Waals surface area contributed by atoms with Crippen LogP contribution in [0.5, 0.6) is 0 Å². The Morgan fingerprint density at radius 2 is 1.97 bits per heavy atom. The summed E-state index contributed by atoms with van der Waals surface area (Å²) in [4.78, 5) is 28.5. The highest BCUT2D eigenvalue weighted by Crippen LogP contribution is 2.44. The minimum atomic E-state index is -0.471. The van der Waals surface area contributed by atoms with Gasteiger partial charge < -0.3 is 15.4 Å². The van der Waals surface area contributed by atoms with Crippen LogP contribution >= 0.6 is 22.9 Å². The third-order valence-electron chi connectivity index (χ3n) is 5.64. The number of carbonyl (C=O) groups excluding carboxylic acids is 1. The average Bonchev–Trinajstić information content (AvgIpc) is 3.41. The van der Waals surface area contributed by atoms with Gasteiger partial charge in [-0.2, -0.15) is 10.2 Å². The van der Waals surface area contributed by atoms with E-state index >= 15 is 0 Å². The number of aromatic nitrogens is 6. The second-order valence-electron chi connectivity index (χ2n) is 7.72. The van der Waals surface area contributed by atoms with Gasteiger partial charge in [-0.15, -0.1) is 4.80 Å². The second-order valence-corrected chi connectivity index (χ2v) is 9.26. The maximum atomic E-state index is 12.9. The van der Waals surface area contributed by atoms with Crippen LogP contribution in [-0.4, -0.2) is 43.1 Å². The van der Waals surface area contributed by atoms with E-state index in [-0.39, 0.29) is 11.3 Å². The Morgan fingerprint density at radius 3 is 2.64 bits per heavy atom. The van der Waals surface area contributed by atoms with Crippen molar-refractivity contribution in [3.63, 3.8) is 0 Å². The van der Waals surface area contributed by atoms with Crippen molar-refractivity contribution in [3.8, 4) is 5.82 Å². The van der Waals surface area contributed by atoms with Gasteiger partial charge >= 0.3 is 6.03 Å². The minimum Gasteiger partial charge on any atom is -0.376 e. The van der Waals surface area contributed by atoms with Gasteiger partial charge in [-0.05, 0) is 37.8 Å². The highest BCUT2D eigenvalue weighted by Gasteiger charge is 2.33. The molecule has 4 aromatic rings. The Morgan fingerprint density at radius 1 is 1.21 bits per heavy atom. The number of amides is 2. The molecule has 10 nitrogen and oxygen atoms in total. The number of nitrogens with zero attached hydrogens (tertiary/aromatic N) is 6. The molecule has 1 fully saturated rings. The number of carbonyl (C=O) groups is 1. The molecule has 0 bridgehead atoms. The van der Waals surface area contributed by atoms with Crippen LogP contribution in [0.3, 0.4) is 0 Å². The number of fused-ring (bicyclic) bond motifs is 1. The zero-order valence-electron chi connectivity index (χ0n) is 17.9. The molecule has 170 valence electrons. The Hall–Kier alpha value is -3.15. The molecule has 1 aliphatic carbocycles. The summed E-state index contributed by atoms with van der Waals surface area (Å²) in [5, 5.41) is 14.7. The molecule has 0 spiro atoms. The molecule has 33 heavy (non-hydrogen) atoms. The summed E-state index contributed by atoms with van der Waals surface area (Å²) < 4.78 is 5.89. The van der Waals surface area contributed by atoms with Gasteiger partial charge in [0.05, 0.1) is 41.1 Å². The summed E-state index contributed by atoms with van der Waals surface area (Å²) in [7, 11) is 1.69. The largest absolute Gasteiger partial charge is 0.376 e. The van der Waals surface area contributed by atoms with E-state index < -0.39 is 6.03 Å². The van der Waals surface area contributed by atoms with Gasteiger partial charge in [-0.25, -0.2) is 19.7 Å². The molecule has 1 aliphatic rings. The zero-order chi connectivity index (χ0) is 22.9. The minimum absolute atomic E-state index is 0.119. The Labute approximate surface area is 198 Å². The number of aryl methyl sites for hydroxylation is 1. The standard InChI is InChI=1S/C21H21ClN8O2S/c1-11-26-17-16(18(32-2)12-4-3-5-12)14(10-23-20(17)33-11)28-21(31)27-13-6-7-15(29-19(13)22)30-24-8-9-25-30/h6-10,12,18H,3-5H2,1-2H3,(H2,27,28,31). The van der Waals surface area contributed by atoms with Crippen LogP contribution in [0.1, 0.15) is 35.9 Å². The van der Waals surface area contributed by atoms with Gasteiger partial charge in [0.15, 0.2) is 11.0 Å². The Bertz CT molecular complexity index is 1310. The zero-order valence-corrected chi connectivity index (χ0v) is 19.5. The van der Waals surface area contributed by atoms with E-state index in [2.05, 4.69) is 35.8 Å². The normalized spacial score (nSPS) is 14.8. The van der Waals surface area contributed by atoms with E-state index in [1.807, 2.05) is 6.92 Å². The number of hydrogen-bond acceptors (Lipinski definition) is 8. The molecule has 1 unspecified atom stereocenters. The molecular formula is C21H21ClN8O2S. The first-order valence-corrected chi connectivity index (χ1v) is 11.6. The van der Waals surface area contributed by atoms with Gasteiger partial charge in [-0.1, -0.05) is 29.4 Å². The summed E-state index contributed by atoms with van der Waals surface area (Å²) in [6.45, 7) is 1.94. The van der Waals surface area contributed by atoms with E-state index in [1.54, 1.807) is 37.8 Å². The lowest BCUT2D eigenvalue weighted by Crippen LogP contribution is -2.25. The molecule has 0 aliphatic heterocycles. The molecule has 5 rings (SSSR count). The van der Waals surface area contributed by atoms with Crippen molar-refractivity contribution < 1.29 is 9.53 Å². The maximum Gasteiger partial charge on any atom is 0.323 e. The Kier molecular flexibility index (Phi) is 5.92. The van der Waals surface area contributed by atoms with Gasteiger partial charge in [0.2, 0.25) is 0 Å². The van der Waals surface area contributed by atoms with Crippen LogP contribution in [0.2, 0.25) is 5.15 Å². The third kappa shape index (κ3) is 4.26. The molecule has 12 heteroatoms. The predicted molar refractivity (Wildman–Crippen MR) is 126 cm³/mol. The second kappa shape index (κ2) is 9.00. The SMILES string of the molecule is COC(c1c(NC(=O)Nc2ccc(-n3nccn3)nc2Cl)cnc2sc(C)nc12)C1CCC1. The van der Waals surface area contributed by atoms with Crippen LogP contribution in [0.4, 0.5) is 16.2 Å². The molecule has 1 atom stereocenters. The maximum absolute atomic E-state index is 12.9. The Balaban J connectivity index is 1.42. The van der Waals surface area contributed by atoms with Crippen LogP contribution in [0, 0.1) is 12.8 Å². The van der Waals surface area contributed by atoms with E-state index in [0.29, 0.717) is 23.1 Å². The lowest BCUT2D eigenvalue weighted by Gasteiger charge is -2.34. The number of methoxy groups -OCH3 is 1. The number of thiazole rings is 1. The molecule has 2 amide bonds. The van der Waals surface area contributed by atoms with Crippen LogP contribution < -0.4 is 10.6 Å². The number of halogens is 1. The first kappa shape index (κ1) is 21.7. The van der Waals surface area contributed by atoms with Gasteiger partial charge in [0.25, 0.3) is 0 Å². The summed E-state index contributed by atoms with van der Waals surface area (Å²) in [6.07, 6.45) is 7.90. The first-order chi connectivity index (χ1) is 16.0. The van der Waals surface area contributed by atoms with Crippen molar-refractivity contribution >= 4 is 50.7 Å². The van der Waals surface area contributed by atoms with E-state index in [0.717, 1.165) is 33.8 Å². The highest BCUT2D eigenvalue weighted by molar-refractivity contribution is 7.18.